The fourth-order valence-corrected chi connectivity index (χ4v) is 0.748. The van der Waals surface area contributed by atoms with Gasteiger partial charge in [-0.15, -0.1) is 4.68 Å². The number of allylic oxidation sites excluding steroid dienone is 1. The molecule has 60 valence electrons. The Morgan fingerprint density at radius 1 is 1.83 bits per heavy atom. The monoisotopic (exact) mass is 162 g/mol. The molecule has 0 saturated heterocycles. The number of nitrogens with one attached hydrogen (secondary N) is 1. The van der Waals surface area contributed by atoms with E-state index in [1.54, 1.807) is 17.1 Å². The number of nitrogens with zero attached hydrogens (tertiary/aromatic N) is 4. The van der Waals surface area contributed by atoms with Crippen LogP contribution in [0.1, 0.15) is 6.92 Å². The lowest BCUT2D eigenvalue weighted by Gasteiger charge is -1.82. The topological polar surface area (TPSA) is 69.3 Å². The number of hydrogen-bond donors (Lipinski definition) is 1. The van der Waals surface area contributed by atoms with Crippen LogP contribution in [0.4, 0.5) is 0 Å². The third-order valence-electron chi connectivity index (χ3n) is 1.37. The Morgan fingerprint density at radius 3 is 3.00 bits per heavy atom. The summed E-state index contributed by atoms with van der Waals surface area (Å²) in [4.78, 5) is 0. The van der Waals surface area contributed by atoms with Crippen molar-refractivity contribution in [3.05, 3.63) is 12.4 Å². The minimum absolute atomic E-state index is 0.0854. The van der Waals surface area contributed by atoms with Gasteiger partial charge in [-0.25, -0.2) is 0 Å². The molecule has 0 bridgehead atoms. The number of nitriles is 1. The van der Waals surface area contributed by atoms with Crippen molar-refractivity contribution in [1.29, 1.82) is 10.7 Å². The molecule has 0 spiro atoms. The molecule has 1 aromatic heterocycles. The van der Waals surface area contributed by atoms with E-state index in [9.17, 15) is 0 Å². The Kier molecular flexibility index (Phi) is 2.36. The SMILES string of the molecule is CC[n+]1ccn(C(=C=N)C#N)n1. The molecule has 0 unspecified atom stereocenters. The summed E-state index contributed by atoms with van der Waals surface area (Å²) in [6.07, 6.45) is 3.35. The summed E-state index contributed by atoms with van der Waals surface area (Å²) in [7, 11) is 0. The van der Waals surface area contributed by atoms with E-state index in [2.05, 4.69) is 5.21 Å². The van der Waals surface area contributed by atoms with Gasteiger partial charge < -0.3 is 0 Å². The summed E-state index contributed by atoms with van der Waals surface area (Å²) in [5.41, 5.74) is 0.0854. The average molecular weight is 162 g/mol. The van der Waals surface area contributed by atoms with Crippen LogP contribution in [0.15, 0.2) is 12.4 Å². The van der Waals surface area contributed by atoms with Gasteiger partial charge in [0.2, 0.25) is 0 Å². The zero-order valence-electron chi connectivity index (χ0n) is 6.65. The van der Waals surface area contributed by atoms with Crippen molar-refractivity contribution in [2.75, 3.05) is 0 Å². The maximum absolute atomic E-state index is 8.52. The van der Waals surface area contributed by atoms with Crippen LogP contribution in [0, 0.1) is 16.7 Å². The first kappa shape index (κ1) is 8.18. The van der Waals surface area contributed by atoms with E-state index in [4.69, 9.17) is 10.7 Å². The van der Waals surface area contributed by atoms with Gasteiger partial charge in [0.25, 0.3) is 5.70 Å². The van der Waals surface area contributed by atoms with Gasteiger partial charge in [0.05, 0.1) is 5.21 Å². The Morgan fingerprint density at radius 2 is 2.58 bits per heavy atom. The summed E-state index contributed by atoms with van der Waals surface area (Å²) < 4.78 is 2.98. The second-order valence-electron chi connectivity index (χ2n) is 2.07. The molecule has 0 fully saturated rings. The molecule has 1 N–H and O–H groups in total. The highest BCUT2D eigenvalue weighted by Crippen LogP contribution is 1.91. The van der Waals surface area contributed by atoms with E-state index >= 15 is 0 Å². The zero-order chi connectivity index (χ0) is 8.97. The van der Waals surface area contributed by atoms with Crippen molar-refractivity contribution < 1.29 is 4.68 Å². The molecule has 0 aliphatic rings. The Hall–Kier alpha value is -1.92. The van der Waals surface area contributed by atoms with Crippen molar-refractivity contribution in [2.45, 2.75) is 13.5 Å². The van der Waals surface area contributed by atoms with Crippen molar-refractivity contribution in [2.24, 2.45) is 0 Å². The van der Waals surface area contributed by atoms with E-state index < -0.39 is 0 Å². The average Bonchev–Trinajstić information content (AvgIpc) is 2.55. The fraction of sp³-hybridized carbons (Fsp3) is 0.286. The summed E-state index contributed by atoms with van der Waals surface area (Å²) >= 11 is 0. The Balaban J connectivity index is 3.05. The van der Waals surface area contributed by atoms with Crippen LogP contribution in [0.5, 0.6) is 0 Å². The normalized spacial score (nSPS) is 8.67. The lowest BCUT2D eigenvalue weighted by Crippen LogP contribution is -2.34. The van der Waals surface area contributed by atoms with E-state index in [1.807, 2.05) is 18.9 Å². The second-order valence-corrected chi connectivity index (χ2v) is 2.07. The van der Waals surface area contributed by atoms with Gasteiger partial charge in [-0.2, -0.15) is 5.26 Å². The van der Waals surface area contributed by atoms with Gasteiger partial charge in [-0.3, -0.25) is 5.41 Å². The molecule has 5 heteroatoms. The van der Waals surface area contributed by atoms with Crippen LogP contribution in [-0.2, 0) is 6.54 Å². The summed E-state index contributed by atoms with van der Waals surface area (Å²) in [5.74, 6) is 2.00. The minimum atomic E-state index is 0.0854. The van der Waals surface area contributed by atoms with Crippen LogP contribution >= 0.6 is 0 Å². The molecule has 0 aliphatic heterocycles. The van der Waals surface area contributed by atoms with E-state index in [1.165, 1.54) is 4.68 Å². The maximum Gasteiger partial charge on any atom is 0.293 e. The summed E-state index contributed by atoms with van der Waals surface area (Å²) in [6.45, 7) is 2.68. The Labute approximate surface area is 69.6 Å². The number of aryl methyl sites for hydroxylation is 1. The van der Waals surface area contributed by atoms with Crippen molar-refractivity contribution in [1.82, 2.24) is 9.90 Å². The van der Waals surface area contributed by atoms with E-state index in [0.29, 0.717) is 0 Å². The predicted octanol–water partition coefficient (Wildman–Crippen LogP) is -0.197. The van der Waals surface area contributed by atoms with Crippen molar-refractivity contribution >= 4 is 11.6 Å². The van der Waals surface area contributed by atoms with Crippen molar-refractivity contribution in [3.8, 4) is 6.07 Å². The number of hydrogen-bond acceptors (Lipinski definition) is 3. The highest BCUT2D eigenvalue weighted by molar-refractivity contribution is 5.85. The maximum atomic E-state index is 8.52. The van der Waals surface area contributed by atoms with Crippen molar-refractivity contribution in [3.63, 3.8) is 0 Å². The number of rotatable bonds is 2. The van der Waals surface area contributed by atoms with Crippen LogP contribution < -0.4 is 4.68 Å². The molecule has 12 heavy (non-hydrogen) atoms. The van der Waals surface area contributed by atoms with Crippen LogP contribution in [0.2, 0.25) is 0 Å². The third-order valence-corrected chi connectivity index (χ3v) is 1.37. The summed E-state index contributed by atoms with van der Waals surface area (Å²) in [6, 6.07) is 1.81. The molecule has 1 heterocycles. The molecule has 0 amide bonds. The molecule has 1 aromatic rings. The molecule has 0 aromatic carbocycles. The molecular formula is C7H8N5+. The molecule has 0 atom stereocenters. The largest absolute Gasteiger partial charge is 0.293 e. The quantitative estimate of drug-likeness (QED) is 0.372. The smallest absolute Gasteiger partial charge is 0.254 e. The molecule has 1 rings (SSSR count). The van der Waals surface area contributed by atoms with Gasteiger partial charge in [0.1, 0.15) is 6.54 Å². The van der Waals surface area contributed by atoms with E-state index in [-0.39, 0.29) is 5.70 Å². The minimum Gasteiger partial charge on any atom is -0.254 e. The molecular weight excluding hydrogens is 154 g/mol. The lowest BCUT2D eigenvalue weighted by atomic mass is 10.5. The highest BCUT2D eigenvalue weighted by atomic mass is 15.5. The second kappa shape index (κ2) is 3.46. The van der Waals surface area contributed by atoms with Gasteiger partial charge in [-0.1, -0.05) is 4.68 Å². The van der Waals surface area contributed by atoms with E-state index in [0.717, 1.165) is 6.54 Å². The van der Waals surface area contributed by atoms with Crippen LogP contribution in [0.3, 0.4) is 0 Å². The van der Waals surface area contributed by atoms with Gasteiger partial charge in [-0.05, 0) is 6.92 Å². The predicted molar refractivity (Wildman–Crippen MR) is 41.1 cm³/mol. The molecule has 5 nitrogen and oxygen atoms in total. The van der Waals surface area contributed by atoms with Crippen LogP contribution in [-0.4, -0.2) is 15.8 Å². The highest BCUT2D eigenvalue weighted by Gasteiger charge is 2.08. The molecule has 0 aliphatic carbocycles. The van der Waals surface area contributed by atoms with Gasteiger partial charge in [0.15, 0.2) is 18.5 Å². The first-order chi connectivity index (χ1) is 5.81. The fourth-order valence-electron chi connectivity index (χ4n) is 0.748. The molecule has 0 saturated carbocycles. The first-order valence-electron chi connectivity index (χ1n) is 3.47. The lowest BCUT2D eigenvalue weighted by molar-refractivity contribution is -0.751. The standard InChI is InChI=1S/C7H8N5/c1-2-11-3-4-12(10-11)7(5-8)6-9/h3-4,8H,2H2,1H3/q+1. The zero-order valence-corrected chi connectivity index (χ0v) is 6.65. The summed E-state index contributed by atoms with van der Waals surface area (Å²) in [5, 5.41) is 19.3. The van der Waals surface area contributed by atoms with Crippen LogP contribution in [0.25, 0.3) is 5.70 Å². The van der Waals surface area contributed by atoms with Gasteiger partial charge in [0, 0.05) is 5.87 Å². The van der Waals surface area contributed by atoms with Gasteiger partial charge >= 0.3 is 0 Å². The molecule has 0 radical (unpaired) electrons. The first-order valence-corrected chi connectivity index (χ1v) is 3.47. The third kappa shape index (κ3) is 1.39. The number of aromatic nitrogens is 3. The Bertz CT molecular complexity index is 363.